The number of nitrogens with one attached hydrogen (secondary N) is 1. The quantitative estimate of drug-likeness (QED) is 0.868. The smallest absolute Gasteiger partial charge is 0.131 e. The van der Waals surface area contributed by atoms with Crippen molar-refractivity contribution in [3.63, 3.8) is 0 Å². The van der Waals surface area contributed by atoms with Crippen molar-refractivity contribution < 1.29 is 14.2 Å². The molecule has 0 bridgehead atoms. The van der Waals surface area contributed by atoms with Crippen LogP contribution in [0.4, 0.5) is 4.39 Å². The topological polar surface area (TPSA) is 44.7 Å². The third-order valence-corrected chi connectivity index (χ3v) is 4.17. The van der Waals surface area contributed by atoms with E-state index in [1.54, 1.807) is 12.1 Å². The van der Waals surface area contributed by atoms with Gasteiger partial charge in [0.15, 0.2) is 0 Å². The van der Waals surface area contributed by atoms with Gasteiger partial charge in [0.05, 0.1) is 7.11 Å². The van der Waals surface area contributed by atoms with Gasteiger partial charge >= 0.3 is 0 Å². The van der Waals surface area contributed by atoms with Crippen LogP contribution in [0.25, 0.3) is 0 Å². The largest absolute Gasteiger partial charge is 0.497 e. The number of methoxy groups -OCH3 is 1. The molecule has 22 heavy (non-hydrogen) atoms. The van der Waals surface area contributed by atoms with Gasteiger partial charge in [-0.15, -0.1) is 12.4 Å². The van der Waals surface area contributed by atoms with E-state index in [4.69, 9.17) is 4.74 Å². The second-order valence-electron chi connectivity index (χ2n) is 6.22. The zero-order chi connectivity index (χ0) is 15.5. The molecule has 0 unspecified atom stereocenters. The number of ether oxygens (including phenoxy) is 1. The Hall–Kier alpha value is -0.880. The Labute approximate surface area is 138 Å². The van der Waals surface area contributed by atoms with Crippen LogP contribution in [0.15, 0.2) is 18.2 Å². The Morgan fingerprint density at radius 3 is 2.50 bits per heavy atom. The number of halogens is 2. The van der Waals surface area contributed by atoms with E-state index in [2.05, 4.69) is 10.2 Å². The van der Waals surface area contributed by atoms with Crippen LogP contribution in [0.2, 0.25) is 0 Å². The van der Waals surface area contributed by atoms with Crippen molar-refractivity contribution in [1.82, 2.24) is 10.2 Å². The molecule has 0 saturated carbocycles. The number of aliphatic hydroxyl groups excluding tert-OH is 1. The fraction of sp³-hybridized carbons (Fsp3) is 0.625. The van der Waals surface area contributed by atoms with Crippen molar-refractivity contribution in [2.24, 2.45) is 5.41 Å². The van der Waals surface area contributed by atoms with Gasteiger partial charge < -0.3 is 15.2 Å². The molecule has 4 nitrogen and oxygen atoms in total. The SMILES string of the molecule is COc1ccc([C@H](N2CCNCC2)C(C)(C)CO)c(F)c1.Cl. The summed E-state index contributed by atoms with van der Waals surface area (Å²) in [4.78, 5) is 2.25. The standard InChI is InChI=1S/C16H25FN2O2.ClH/c1-16(2,11-20)15(19-8-6-18-7-9-19)13-5-4-12(21-3)10-14(13)17;/h4-5,10,15,18,20H,6-9,11H2,1-3H3;1H/t15-;/m0./s1. The first-order valence-electron chi connectivity index (χ1n) is 7.38. The fourth-order valence-electron chi connectivity index (χ4n) is 3.00. The molecule has 2 rings (SSSR count). The van der Waals surface area contributed by atoms with Crippen LogP contribution in [0.3, 0.4) is 0 Å². The molecule has 1 heterocycles. The normalized spacial score (nSPS) is 17.7. The first kappa shape index (κ1) is 19.2. The molecular formula is C16H26ClFN2O2. The molecule has 1 aliphatic heterocycles. The molecule has 6 heteroatoms. The minimum Gasteiger partial charge on any atom is -0.497 e. The van der Waals surface area contributed by atoms with Gasteiger partial charge in [0.2, 0.25) is 0 Å². The summed E-state index contributed by atoms with van der Waals surface area (Å²) < 4.78 is 19.6. The molecule has 1 aliphatic rings. The van der Waals surface area contributed by atoms with E-state index in [9.17, 15) is 9.50 Å². The maximum absolute atomic E-state index is 14.5. The Kier molecular flexibility index (Phi) is 7.06. The monoisotopic (exact) mass is 332 g/mol. The molecule has 2 N–H and O–H groups in total. The van der Waals surface area contributed by atoms with E-state index >= 15 is 0 Å². The summed E-state index contributed by atoms with van der Waals surface area (Å²) in [6.07, 6.45) is 0. The Morgan fingerprint density at radius 2 is 2.00 bits per heavy atom. The lowest BCUT2D eigenvalue weighted by Crippen LogP contribution is -2.49. The molecule has 1 aromatic carbocycles. The zero-order valence-corrected chi connectivity index (χ0v) is 14.3. The summed E-state index contributed by atoms with van der Waals surface area (Å²) >= 11 is 0. The van der Waals surface area contributed by atoms with Crippen LogP contribution in [0, 0.1) is 11.2 Å². The minimum absolute atomic E-state index is 0. The predicted octanol–water partition coefficient (Wildman–Crippen LogP) is 2.22. The average molecular weight is 333 g/mol. The number of nitrogens with zero attached hydrogens (tertiary/aromatic N) is 1. The number of rotatable bonds is 5. The van der Waals surface area contributed by atoms with E-state index in [0.717, 1.165) is 26.2 Å². The number of benzene rings is 1. The summed E-state index contributed by atoms with van der Waals surface area (Å²) in [5, 5.41) is 13.1. The molecule has 0 amide bonds. The third kappa shape index (κ3) is 4.10. The van der Waals surface area contributed by atoms with Crippen LogP contribution < -0.4 is 10.1 Å². The van der Waals surface area contributed by atoms with Gasteiger partial charge in [-0.25, -0.2) is 4.39 Å². The highest BCUT2D eigenvalue weighted by Crippen LogP contribution is 2.40. The highest BCUT2D eigenvalue weighted by molar-refractivity contribution is 5.85. The summed E-state index contributed by atoms with van der Waals surface area (Å²) in [5.41, 5.74) is 0.198. The molecule has 1 saturated heterocycles. The van der Waals surface area contributed by atoms with Gasteiger partial charge in [-0.05, 0) is 6.07 Å². The van der Waals surface area contributed by atoms with Gasteiger partial charge in [-0.1, -0.05) is 19.9 Å². The van der Waals surface area contributed by atoms with Gasteiger partial charge in [-0.3, -0.25) is 4.90 Å². The Balaban J connectivity index is 0.00000242. The molecule has 1 aromatic rings. The molecule has 0 spiro atoms. The Morgan fingerprint density at radius 1 is 1.36 bits per heavy atom. The van der Waals surface area contributed by atoms with Crippen LogP contribution in [-0.2, 0) is 0 Å². The van der Waals surface area contributed by atoms with Crippen LogP contribution in [0.1, 0.15) is 25.5 Å². The van der Waals surface area contributed by atoms with Gasteiger partial charge in [-0.2, -0.15) is 0 Å². The fourth-order valence-corrected chi connectivity index (χ4v) is 3.00. The second kappa shape index (κ2) is 8.11. The molecule has 1 fully saturated rings. The van der Waals surface area contributed by atoms with Crippen molar-refractivity contribution in [2.45, 2.75) is 19.9 Å². The van der Waals surface area contributed by atoms with E-state index in [1.807, 2.05) is 13.8 Å². The summed E-state index contributed by atoms with van der Waals surface area (Å²) in [6.45, 7) is 7.42. The average Bonchev–Trinajstić information content (AvgIpc) is 2.50. The summed E-state index contributed by atoms with van der Waals surface area (Å²) in [7, 11) is 1.53. The predicted molar refractivity (Wildman–Crippen MR) is 88.3 cm³/mol. The Bertz CT molecular complexity index is 479. The van der Waals surface area contributed by atoms with Gasteiger partial charge in [0.25, 0.3) is 0 Å². The number of aliphatic hydroxyl groups is 1. The number of piperazine rings is 1. The number of hydrogen-bond donors (Lipinski definition) is 2. The molecule has 0 aromatic heterocycles. The summed E-state index contributed by atoms with van der Waals surface area (Å²) in [6, 6.07) is 4.81. The lowest BCUT2D eigenvalue weighted by atomic mass is 9.79. The minimum atomic E-state index is -0.424. The van der Waals surface area contributed by atoms with Crippen molar-refractivity contribution >= 4 is 12.4 Å². The second-order valence-corrected chi connectivity index (χ2v) is 6.22. The van der Waals surface area contributed by atoms with E-state index in [0.29, 0.717) is 11.3 Å². The zero-order valence-electron chi connectivity index (χ0n) is 13.4. The van der Waals surface area contributed by atoms with E-state index < -0.39 is 5.41 Å². The highest BCUT2D eigenvalue weighted by Gasteiger charge is 2.37. The van der Waals surface area contributed by atoms with Crippen molar-refractivity contribution in [1.29, 1.82) is 0 Å². The van der Waals surface area contributed by atoms with Crippen molar-refractivity contribution in [2.75, 3.05) is 39.9 Å². The first-order chi connectivity index (χ1) is 9.99. The molecule has 1 atom stereocenters. The maximum atomic E-state index is 14.5. The van der Waals surface area contributed by atoms with Crippen molar-refractivity contribution in [3.8, 4) is 5.75 Å². The maximum Gasteiger partial charge on any atom is 0.131 e. The van der Waals surface area contributed by atoms with Gasteiger partial charge in [0.1, 0.15) is 11.6 Å². The van der Waals surface area contributed by atoms with E-state index in [1.165, 1.54) is 13.2 Å². The van der Waals surface area contributed by atoms with Gasteiger partial charge in [0, 0.05) is 55.9 Å². The van der Waals surface area contributed by atoms with Crippen LogP contribution in [0.5, 0.6) is 5.75 Å². The molecule has 126 valence electrons. The van der Waals surface area contributed by atoms with Crippen molar-refractivity contribution in [3.05, 3.63) is 29.6 Å². The highest BCUT2D eigenvalue weighted by atomic mass is 35.5. The van der Waals surface area contributed by atoms with Crippen LogP contribution in [-0.4, -0.2) is 49.9 Å². The van der Waals surface area contributed by atoms with E-state index in [-0.39, 0.29) is 30.9 Å². The third-order valence-electron chi connectivity index (χ3n) is 4.17. The lowest BCUT2D eigenvalue weighted by Gasteiger charge is -2.43. The molecule has 0 radical (unpaired) electrons. The number of hydrogen-bond acceptors (Lipinski definition) is 4. The first-order valence-corrected chi connectivity index (χ1v) is 7.38. The molecule has 0 aliphatic carbocycles. The lowest BCUT2D eigenvalue weighted by molar-refractivity contribution is 0.0286. The summed E-state index contributed by atoms with van der Waals surface area (Å²) in [5.74, 6) is 0.233. The van der Waals surface area contributed by atoms with Crippen LogP contribution >= 0.6 is 12.4 Å². The molecular weight excluding hydrogens is 307 g/mol.